The molecule has 2 aliphatic rings. The standard InChI is InChI=1S/C19H27N3O4/c1-25-17-6-4-15(5-7-17)13-20-19(24)22-10-11-26-14-16(22)12-18(23)21-8-2-3-9-21/h4-7,16H,2-3,8-14H2,1H3,(H,20,24). The van der Waals surface area contributed by atoms with E-state index in [4.69, 9.17) is 9.47 Å². The van der Waals surface area contributed by atoms with Crippen LogP contribution < -0.4 is 10.1 Å². The Morgan fingerprint density at radius 3 is 2.62 bits per heavy atom. The molecule has 1 aromatic rings. The third-order valence-corrected chi connectivity index (χ3v) is 4.96. The number of methoxy groups -OCH3 is 1. The summed E-state index contributed by atoms with van der Waals surface area (Å²) in [7, 11) is 1.62. The van der Waals surface area contributed by atoms with E-state index in [2.05, 4.69) is 5.32 Å². The monoisotopic (exact) mass is 361 g/mol. The smallest absolute Gasteiger partial charge is 0.318 e. The lowest BCUT2D eigenvalue weighted by Gasteiger charge is -2.36. The molecule has 2 saturated heterocycles. The first kappa shape index (κ1) is 18.5. The van der Waals surface area contributed by atoms with Gasteiger partial charge in [0.2, 0.25) is 5.91 Å². The lowest BCUT2D eigenvalue weighted by Crippen LogP contribution is -2.53. The normalized spacial score (nSPS) is 20.1. The van der Waals surface area contributed by atoms with Gasteiger partial charge in [0, 0.05) is 32.6 Å². The van der Waals surface area contributed by atoms with E-state index < -0.39 is 0 Å². The first-order chi connectivity index (χ1) is 12.7. The molecule has 1 aromatic carbocycles. The van der Waals surface area contributed by atoms with E-state index in [-0.39, 0.29) is 18.0 Å². The van der Waals surface area contributed by atoms with Gasteiger partial charge in [0.1, 0.15) is 5.75 Å². The van der Waals surface area contributed by atoms with Gasteiger partial charge in [-0.15, -0.1) is 0 Å². The number of carbonyl (C=O) groups is 2. The summed E-state index contributed by atoms with van der Waals surface area (Å²) in [5.41, 5.74) is 0.997. The summed E-state index contributed by atoms with van der Waals surface area (Å²) < 4.78 is 10.6. The highest BCUT2D eigenvalue weighted by molar-refractivity contribution is 5.79. The van der Waals surface area contributed by atoms with Crippen LogP contribution in [0.15, 0.2) is 24.3 Å². The van der Waals surface area contributed by atoms with Gasteiger partial charge in [0.25, 0.3) is 0 Å². The van der Waals surface area contributed by atoms with Crippen LogP contribution >= 0.6 is 0 Å². The third kappa shape index (κ3) is 4.66. The molecular weight excluding hydrogens is 334 g/mol. The molecule has 7 heteroatoms. The first-order valence-electron chi connectivity index (χ1n) is 9.20. The van der Waals surface area contributed by atoms with Gasteiger partial charge in [-0.1, -0.05) is 12.1 Å². The fraction of sp³-hybridized carbons (Fsp3) is 0.579. The Labute approximate surface area is 154 Å². The number of amides is 3. The van der Waals surface area contributed by atoms with Crippen LogP contribution in [0.1, 0.15) is 24.8 Å². The highest BCUT2D eigenvalue weighted by Crippen LogP contribution is 2.16. The number of morpholine rings is 1. The van der Waals surface area contributed by atoms with Crippen molar-refractivity contribution in [2.24, 2.45) is 0 Å². The average Bonchev–Trinajstić information content (AvgIpc) is 3.22. The minimum Gasteiger partial charge on any atom is -0.497 e. The fourth-order valence-electron chi connectivity index (χ4n) is 3.41. The van der Waals surface area contributed by atoms with Crippen molar-refractivity contribution in [2.45, 2.75) is 31.8 Å². The molecule has 1 atom stereocenters. The molecule has 7 nitrogen and oxygen atoms in total. The molecule has 0 aliphatic carbocycles. The number of likely N-dealkylation sites (tertiary alicyclic amines) is 1. The van der Waals surface area contributed by atoms with Crippen molar-refractivity contribution < 1.29 is 19.1 Å². The van der Waals surface area contributed by atoms with Crippen LogP contribution in [-0.4, -0.2) is 67.7 Å². The van der Waals surface area contributed by atoms with Crippen LogP contribution in [-0.2, 0) is 16.1 Å². The van der Waals surface area contributed by atoms with Gasteiger partial charge in [-0.25, -0.2) is 4.79 Å². The minimum atomic E-state index is -0.201. The Balaban J connectivity index is 1.53. The highest BCUT2D eigenvalue weighted by atomic mass is 16.5. The topological polar surface area (TPSA) is 71.1 Å². The molecule has 3 amide bonds. The Morgan fingerprint density at radius 2 is 1.92 bits per heavy atom. The van der Waals surface area contributed by atoms with Crippen LogP contribution in [0.4, 0.5) is 4.79 Å². The van der Waals surface area contributed by atoms with Gasteiger partial charge in [-0.05, 0) is 30.5 Å². The van der Waals surface area contributed by atoms with Crippen molar-refractivity contribution in [3.63, 3.8) is 0 Å². The number of urea groups is 1. The summed E-state index contributed by atoms with van der Waals surface area (Å²) in [6.45, 7) is 3.52. The van der Waals surface area contributed by atoms with Gasteiger partial charge >= 0.3 is 6.03 Å². The fourth-order valence-corrected chi connectivity index (χ4v) is 3.41. The number of hydrogen-bond donors (Lipinski definition) is 1. The lowest BCUT2D eigenvalue weighted by atomic mass is 10.1. The molecule has 1 N–H and O–H groups in total. The first-order valence-corrected chi connectivity index (χ1v) is 9.20. The van der Waals surface area contributed by atoms with Crippen LogP contribution in [0.2, 0.25) is 0 Å². The van der Waals surface area contributed by atoms with E-state index >= 15 is 0 Å². The summed E-state index contributed by atoms with van der Waals surface area (Å²) >= 11 is 0. The number of ether oxygens (including phenoxy) is 2. The Hall–Kier alpha value is -2.28. The second-order valence-corrected chi connectivity index (χ2v) is 6.72. The largest absolute Gasteiger partial charge is 0.497 e. The van der Waals surface area contributed by atoms with E-state index in [1.54, 1.807) is 12.0 Å². The van der Waals surface area contributed by atoms with Crippen molar-refractivity contribution in [2.75, 3.05) is 40.0 Å². The maximum atomic E-state index is 12.6. The number of benzene rings is 1. The van der Waals surface area contributed by atoms with Crippen molar-refractivity contribution in [3.05, 3.63) is 29.8 Å². The Kier molecular flexibility index (Phi) is 6.33. The van der Waals surface area contributed by atoms with E-state index in [9.17, 15) is 9.59 Å². The Bertz CT molecular complexity index is 614. The number of nitrogens with one attached hydrogen (secondary N) is 1. The molecule has 2 heterocycles. The maximum absolute atomic E-state index is 12.6. The third-order valence-electron chi connectivity index (χ3n) is 4.96. The van der Waals surface area contributed by atoms with Crippen LogP contribution in [0.3, 0.4) is 0 Å². The predicted molar refractivity (Wildman–Crippen MR) is 97.0 cm³/mol. The van der Waals surface area contributed by atoms with Crippen molar-refractivity contribution in [1.29, 1.82) is 0 Å². The molecule has 0 bridgehead atoms. The summed E-state index contributed by atoms with van der Waals surface area (Å²) in [6.07, 6.45) is 2.47. The highest BCUT2D eigenvalue weighted by Gasteiger charge is 2.31. The van der Waals surface area contributed by atoms with Crippen LogP contribution in [0.5, 0.6) is 5.75 Å². The van der Waals surface area contributed by atoms with E-state index in [0.29, 0.717) is 32.7 Å². The number of rotatable bonds is 5. The SMILES string of the molecule is COc1ccc(CNC(=O)N2CCOCC2CC(=O)N2CCCC2)cc1. The van der Waals surface area contributed by atoms with Gasteiger partial charge in [0.15, 0.2) is 0 Å². The molecule has 0 radical (unpaired) electrons. The van der Waals surface area contributed by atoms with Crippen molar-refractivity contribution in [3.8, 4) is 5.75 Å². The molecule has 0 aromatic heterocycles. The van der Waals surface area contributed by atoms with Crippen molar-refractivity contribution >= 4 is 11.9 Å². The zero-order chi connectivity index (χ0) is 18.4. The molecular formula is C19H27N3O4. The molecule has 3 rings (SSSR count). The minimum absolute atomic E-state index is 0.117. The molecule has 0 saturated carbocycles. The molecule has 1 unspecified atom stereocenters. The molecule has 142 valence electrons. The quantitative estimate of drug-likeness (QED) is 0.865. The lowest BCUT2D eigenvalue weighted by molar-refractivity contribution is -0.132. The Morgan fingerprint density at radius 1 is 1.19 bits per heavy atom. The van der Waals surface area contributed by atoms with Crippen LogP contribution in [0, 0.1) is 0 Å². The van der Waals surface area contributed by atoms with E-state index in [0.717, 1.165) is 37.2 Å². The van der Waals surface area contributed by atoms with Gasteiger partial charge < -0.3 is 24.6 Å². The van der Waals surface area contributed by atoms with Gasteiger partial charge in [0.05, 0.1) is 26.4 Å². The zero-order valence-corrected chi connectivity index (χ0v) is 15.3. The number of hydrogen-bond acceptors (Lipinski definition) is 4. The number of nitrogens with zero attached hydrogens (tertiary/aromatic N) is 2. The zero-order valence-electron chi connectivity index (χ0n) is 15.3. The summed E-state index contributed by atoms with van der Waals surface area (Å²) in [5, 5.41) is 2.94. The van der Waals surface area contributed by atoms with Crippen molar-refractivity contribution in [1.82, 2.24) is 15.1 Å². The van der Waals surface area contributed by atoms with E-state index in [1.165, 1.54) is 0 Å². The summed E-state index contributed by atoms with van der Waals surface area (Å²) in [5.74, 6) is 0.902. The summed E-state index contributed by atoms with van der Waals surface area (Å²) in [4.78, 5) is 28.7. The summed E-state index contributed by atoms with van der Waals surface area (Å²) in [6, 6.07) is 7.23. The number of carbonyl (C=O) groups excluding carboxylic acids is 2. The van der Waals surface area contributed by atoms with Gasteiger partial charge in [-0.2, -0.15) is 0 Å². The molecule has 2 aliphatic heterocycles. The predicted octanol–water partition coefficient (Wildman–Crippen LogP) is 1.62. The van der Waals surface area contributed by atoms with Crippen LogP contribution in [0.25, 0.3) is 0 Å². The molecule has 0 spiro atoms. The molecule has 26 heavy (non-hydrogen) atoms. The average molecular weight is 361 g/mol. The maximum Gasteiger partial charge on any atom is 0.318 e. The molecule has 2 fully saturated rings. The second kappa shape index (κ2) is 8.89. The van der Waals surface area contributed by atoms with E-state index in [1.807, 2.05) is 29.2 Å². The second-order valence-electron chi connectivity index (χ2n) is 6.72. The van der Waals surface area contributed by atoms with Gasteiger partial charge in [-0.3, -0.25) is 4.79 Å².